The number of hydrogen-bond acceptors (Lipinski definition) is 7. The van der Waals surface area contributed by atoms with Crippen LogP contribution < -0.4 is 9.64 Å². The third-order valence-corrected chi connectivity index (χ3v) is 6.44. The minimum absolute atomic E-state index is 0.0224. The molecule has 0 saturated carbocycles. The number of furan rings is 1. The second-order valence-corrected chi connectivity index (χ2v) is 8.47. The molecule has 0 fully saturated rings. The van der Waals surface area contributed by atoms with E-state index in [0.717, 1.165) is 4.70 Å². The molecule has 0 unspecified atom stereocenters. The molecule has 1 aliphatic rings. The molecule has 7 nitrogen and oxygen atoms in total. The molecule has 0 saturated heterocycles. The summed E-state index contributed by atoms with van der Waals surface area (Å²) >= 11 is 7.30. The monoisotopic (exact) mass is 466 g/mol. The van der Waals surface area contributed by atoms with E-state index in [-0.39, 0.29) is 11.3 Å². The number of rotatable bonds is 5. The van der Waals surface area contributed by atoms with Crippen molar-refractivity contribution in [3.63, 3.8) is 0 Å². The first-order valence-electron chi connectivity index (χ1n) is 9.53. The molecule has 1 aliphatic heterocycles. The van der Waals surface area contributed by atoms with Gasteiger partial charge in [-0.1, -0.05) is 35.1 Å². The van der Waals surface area contributed by atoms with E-state index in [2.05, 4.69) is 4.98 Å². The van der Waals surface area contributed by atoms with Crippen molar-refractivity contribution in [3.8, 4) is 5.75 Å². The topological polar surface area (TPSA) is 92.9 Å². The molecule has 0 aliphatic carbocycles. The Morgan fingerprint density at radius 2 is 2.00 bits per heavy atom. The van der Waals surface area contributed by atoms with Gasteiger partial charge in [-0.15, -0.1) is 0 Å². The predicted molar refractivity (Wildman–Crippen MR) is 121 cm³/mol. The summed E-state index contributed by atoms with van der Waals surface area (Å²) < 4.78 is 11.3. The van der Waals surface area contributed by atoms with Gasteiger partial charge in [-0.3, -0.25) is 14.5 Å². The van der Waals surface area contributed by atoms with Crippen molar-refractivity contribution >= 4 is 50.0 Å². The van der Waals surface area contributed by atoms with Crippen LogP contribution in [0.5, 0.6) is 5.75 Å². The molecule has 5 rings (SSSR count). The van der Waals surface area contributed by atoms with Crippen LogP contribution in [-0.4, -0.2) is 28.9 Å². The molecule has 1 N–H and O–H groups in total. The van der Waals surface area contributed by atoms with Gasteiger partial charge in [0.25, 0.3) is 5.91 Å². The van der Waals surface area contributed by atoms with Crippen molar-refractivity contribution in [3.05, 3.63) is 88.5 Å². The standard InChI is InChI=1S/C23H15ClN2O5S/c1-30-14-8-9-15-17(11-14)32-23(25-15)26-19(12-4-6-13(24)7-5-12)18(21(28)22(26)29)20(27)16-3-2-10-31-16/h2-11,19,28H,1H3/t19-/m0/s1. The summed E-state index contributed by atoms with van der Waals surface area (Å²) in [5.74, 6) is -1.25. The number of Topliss-reactive ketones (excluding diaryl/α,β-unsaturated/α-hetero) is 1. The highest BCUT2D eigenvalue weighted by atomic mass is 35.5. The minimum atomic E-state index is -0.903. The molecule has 1 atom stereocenters. The van der Waals surface area contributed by atoms with E-state index in [4.69, 9.17) is 20.8 Å². The molecule has 3 heterocycles. The molecule has 160 valence electrons. The summed E-state index contributed by atoms with van der Waals surface area (Å²) in [4.78, 5) is 32.3. The SMILES string of the molecule is COc1ccc2nc(N3C(=O)C(O)=C(C(=O)c4ccco4)[C@@H]3c3ccc(Cl)cc3)sc2c1. The molecule has 0 radical (unpaired) electrons. The van der Waals surface area contributed by atoms with Gasteiger partial charge in [0.2, 0.25) is 5.78 Å². The van der Waals surface area contributed by atoms with Crippen LogP contribution in [0.4, 0.5) is 5.13 Å². The summed E-state index contributed by atoms with van der Waals surface area (Å²) in [6, 6.07) is 14.3. The number of aromatic nitrogens is 1. The van der Waals surface area contributed by atoms with E-state index in [1.807, 2.05) is 6.07 Å². The average molecular weight is 467 g/mol. The second kappa shape index (κ2) is 7.81. The van der Waals surface area contributed by atoms with Crippen molar-refractivity contribution in [2.45, 2.75) is 6.04 Å². The van der Waals surface area contributed by atoms with Crippen molar-refractivity contribution < 1.29 is 23.8 Å². The van der Waals surface area contributed by atoms with Crippen LogP contribution in [0.1, 0.15) is 22.2 Å². The van der Waals surface area contributed by atoms with Crippen molar-refractivity contribution in [1.29, 1.82) is 0 Å². The van der Waals surface area contributed by atoms with Gasteiger partial charge in [-0.25, -0.2) is 4.98 Å². The van der Waals surface area contributed by atoms with E-state index in [9.17, 15) is 14.7 Å². The Hall–Kier alpha value is -3.62. The number of aliphatic hydroxyl groups is 1. The van der Waals surface area contributed by atoms with Gasteiger partial charge in [0, 0.05) is 5.02 Å². The number of ether oxygens (including phenoxy) is 1. The number of hydrogen-bond donors (Lipinski definition) is 1. The van der Waals surface area contributed by atoms with E-state index in [1.165, 1.54) is 28.6 Å². The first kappa shape index (κ1) is 20.3. The largest absolute Gasteiger partial charge is 0.503 e. The first-order valence-corrected chi connectivity index (χ1v) is 10.7. The van der Waals surface area contributed by atoms with Crippen molar-refractivity contribution in [2.75, 3.05) is 12.0 Å². The molecule has 2 aromatic carbocycles. The van der Waals surface area contributed by atoms with E-state index in [0.29, 0.717) is 27.0 Å². The maximum Gasteiger partial charge on any atom is 0.296 e. The van der Waals surface area contributed by atoms with E-state index in [1.54, 1.807) is 49.6 Å². The fourth-order valence-corrected chi connectivity index (χ4v) is 4.80. The van der Waals surface area contributed by atoms with Crippen LogP contribution in [0.3, 0.4) is 0 Å². The van der Waals surface area contributed by atoms with Crippen molar-refractivity contribution in [1.82, 2.24) is 4.98 Å². The number of thiazole rings is 1. The van der Waals surface area contributed by atoms with Gasteiger partial charge in [-0.05, 0) is 48.0 Å². The molecular weight excluding hydrogens is 452 g/mol. The summed E-state index contributed by atoms with van der Waals surface area (Å²) in [5.41, 5.74) is 1.18. The molecular formula is C23H15ClN2O5S. The maximum absolute atomic E-state index is 13.2. The number of halogens is 1. The van der Waals surface area contributed by atoms with Crippen LogP contribution in [0.25, 0.3) is 10.2 Å². The van der Waals surface area contributed by atoms with Gasteiger partial charge in [0.05, 0.1) is 35.2 Å². The highest BCUT2D eigenvalue weighted by Gasteiger charge is 2.46. The number of ketones is 1. The third kappa shape index (κ3) is 3.24. The number of fused-ring (bicyclic) bond motifs is 1. The predicted octanol–water partition coefficient (Wildman–Crippen LogP) is 5.33. The molecule has 0 bridgehead atoms. The number of benzene rings is 2. The van der Waals surface area contributed by atoms with Crippen LogP contribution in [0.15, 0.2) is 76.6 Å². The average Bonchev–Trinajstić information content (AvgIpc) is 3.52. The van der Waals surface area contributed by atoms with Crippen molar-refractivity contribution in [2.24, 2.45) is 0 Å². The molecule has 32 heavy (non-hydrogen) atoms. The Morgan fingerprint density at radius 1 is 1.22 bits per heavy atom. The lowest BCUT2D eigenvalue weighted by Crippen LogP contribution is -2.30. The van der Waals surface area contributed by atoms with Gasteiger partial charge in [-0.2, -0.15) is 0 Å². The van der Waals surface area contributed by atoms with Crippen LogP contribution in [0.2, 0.25) is 5.02 Å². The van der Waals surface area contributed by atoms with Crippen LogP contribution >= 0.6 is 22.9 Å². The quantitative estimate of drug-likeness (QED) is 0.399. The Kier molecular flexibility index (Phi) is 4.96. The number of carbonyl (C=O) groups is 2. The van der Waals surface area contributed by atoms with Crippen LogP contribution in [-0.2, 0) is 4.79 Å². The summed E-state index contributed by atoms with van der Waals surface area (Å²) in [6.45, 7) is 0. The lowest BCUT2D eigenvalue weighted by molar-refractivity contribution is -0.117. The Bertz CT molecular complexity index is 1380. The zero-order valence-corrected chi connectivity index (χ0v) is 18.2. The summed E-state index contributed by atoms with van der Waals surface area (Å²) in [6.07, 6.45) is 1.36. The maximum atomic E-state index is 13.2. The molecule has 4 aromatic rings. The smallest absolute Gasteiger partial charge is 0.296 e. The molecule has 1 amide bonds. The number of methoxy groups -OCH3 is 1. The number of nitrogens with zero attached hydrogens (tertiary/aromatic N) is 2. The first-order chi connectivity index (χ1) is 15.5. The second-order valence-electron chi connectivity index (χ2n) is 7.03. The van der Waals surface area contributed by atoms with E-state index < -0.39 is 23.5 Å². The van der Waals surface area contributed by atoms with Gasteiger partial charge in [0.1, 0.15) is 5.75 Å². The minimum Gasteiger partial charge on any atom is -0.503 e. The fraction of sp³-hybridized carbons (Fsp3) is 0.0870. The van der Waals surface area contributed by atoms with Gasteiger partial charge < -0.3 is 14.3 Å². The Balaban J connectivity index is 1.67. The number of anilines is 1. The highest BCUT2D eigenvalue weighted by molar-refractivity contribution is 7.22. The lowest BCUT2D eigenvalue weighted by Gasteiger charge is -2.24. The normalized spacial score (nSPS) is 16.2. The zero-order valence-electron chi connectivity index (χ0n) is 16.6. The third-order valence-electron chi connectivity index (χ3n) is 5.17. The molecule has 9 heteroatoms. The number of aliphatic hydroxyl groups excluding tert-OH is 1. The molecule has 0 spiro atoms. The highest BCUT2D eigenvalue weighted by Crippen LogP contribution is 2.44. The fourth-order valence-electron chi connectivity index (χ4n) is 3.66. The van der Waals surface area contributed by atoms with E-state index >= 15 is 0 Å². The zero-order chi connectivity index (χ0) is 22.4. The number of carbonyl (C=O) groups excluding carboxylic acids is 2. The number of amides is 1. The van der Waals surface area contributed by atoms with Crippen LogP contribution in [0, 0.1) is 0 Å². The summed E-state index contributed by atoms with van der Waals surface area (Å²) in [5, 5.41) is 11.6. The summed E-state index contributed by atoms with van der Waals surface area (Å²) in [7, 11) is 1.57. The van der Waals surface area contributed by atoms with Gasteiger partial charge in [0.15, 0.2) is 16.7 Å². The van der Waals surface area contributed by atoms with Gasteiger partial charge >= 0.3 is 0 Å². The molecule has 2 aromatic heterocycles. The lowest BCUT2D eigenvalue weighted by atomic mass is 9.95. The Morgan fingerprint density at radius 3 is 2.69 bits per heavy atom. The Labute approximate surface area is 191 Å².